The molecule has 1 fully saturated rings. The van der Waals surface area contributed by atoms with Crippen LogP contribution in [-0.4, -0.2) is 29.8 Å². The fourth-order valence-electron chi connectivity index (χ4n) is 2.02. The molecule has 1 aromatic rings. The molecule has 0 saturated carbocycles. The van der Waals surface area contributed by atoms with Gasteiger partial charge in [-0.05, 0) is 32.0 Å². The SMILES string of the molecule is Cc1ccc(OC2(C(=O)O)CCCNC2)cc1. The Balaban J connectivity index is 2.17. The third-order valence-electron chi connectivity index (χ3n) is 3.07. The molecule has 1 atom stereocenters. The van der Waals surface area contributed by atoms with Crippen molar-refractivity contribution in [3.8, 4) is 5.75 Å². The van der Waals surface area contributed by atoms with Gasteiger partial charge < -0.3 is 15.2 Å². The molecule has 1 unspecified atom stereocenters. The van der Waals surface area contributed by atoms with E-state index in [1.165, 1.54) is 0 Å². The molecule has 0 radical (unpaired) electrons. The summed E-state index contributed by atoms with van der Waals surface area (Å²) in [5.74, 6) is -0.285. The van der Waals surface area contributed by atoms with Crippen molar-refractivity contribution >= 4 is 5.97 Å². The number of ether oxygens (including phenoxy) is 1. The summed E-state index contributed by atoms with van der Waals surface area (Å²) in [4.78, 5) is 11.4. The van der Waals surface area contributed by atoms with E-state index in [4.69, 9.17) is 4.74 Å². The second-order valence-electron chi connectivity index (χ2n) is 4.49. The van der Waals surface area contributed by atoms with Gasteiger partial charge in [0.25, 0.3) is 0 Å². The molecule has 2 rings (SSSR count). The van der Waals surface area contributed by atoms with Gasteiger partial charge in [-0.3, -0.25) is 0 Å². The first kappa shape index (κ1) is 11.9. The lowest BCUT2D eigenvalue weighted by Crippen LogP contribution is -2.55. The molecular formula is C13H17NO3. The summed E-state index contributed by atoms with van der Waals surface area (Å²) < 4.78 is 5.70. The second kappa shape index (κ2) is 4.75. The number of carboxylic acids is 1. The van der Waals surface area contributed by atoms with E-state index >= 15 is 0 Å². The van der Waals surface area contributed by atoms with Crippen LogP contribution < -0.4 is 10.1 Å². The van der Waals surface area contributed by atoms with E-state index in [2.05, 4.69) is 5.32 Å². The number of hydrogen-bond donors (Lipinski definition) is 2. The first-order chi connectivity index (χ1) is 8.12. The Morgan fingerprint density at radius 2 is 2.12 bits per heavy atom. The average molecular weight is 235 g/mol. The summed E-state index contributed by atoms with van der Waals surface area (Å²) in [6.07, 6.45) is 1.36. The maximum atomic E-state index is 11.4. The van der Waals surface area contributed by atoms with Gasteiger partial charge in [-0.25, -0.2) is 4.79 Å². The minimum Gasteiger partial charge on any atom is -0.478 e. The van der Waals surface area contributed by atoms with Crippen molar-refractivity contribution in [2.24, 2.45) is 0 Å². The number of hydrogen-bond acceptors (Lipinski definition) is 3. The van der Waals surface area contributed by atoms with Crippen LogP contribution >= 0.6 is 0 Å². The van der Waals surface area contributed by atoms with Gasteiger partial charge in [0.2, 0.25) is 5.60 Å². The van der Waals surface area contributed by atoms with E-state index < -0.39 is 11.6 Å². The normalized spacial score (nSPS) is 24.3. The summed E-state index contributed by atoms with van der Waals surface area (Å²) in [5, 5.41) is 12.4. The largest absolute Gasteiger partial charge is 0.478 e. The van der Waals surface area contributed by atoms with Crippen LogP contribution in [-0.2, 0) is 4.79 Å². The molecule has 1 aromatic carbocycles. The molecule has 92 valence electrons. The van der Waals surface area contributed by atoms with Gasteiger partial charge in [0.05, 0.1) is 0 Å². The molecule has 4 nitrogen and oxygen atoms in total. The Bertz CT molecular complexity index is 394. The quantitative estimate of drug-likeness (QED) is 0.835. The molecule has 1 aliphatic heterocycles. The van der Waals surface area contributed by atoms with Crippen LogP contribution in [0, 0.1) is 6.92 Å². The van der Waals surface area contributed by atoms with Crippen molar-refractivity contribution in [2.45, 2.75) is 25.4 Å². The predicted octanol–water partition coefficient (Wildman–Crippen LogP) is 1.58. The first-order valence-electron chi connectivity index (χ1n) is 5.82. The molecule has 0 spiro atoms. The lowest BCUT2D eigenvalue weighted by Gasteiger charge is -2.34. The molecule has 1 aliphatic rings. The highest BCUT2D eigenvalue weighted by atomic mass is 16.5. The van der Waals surface area contributed by atoms with E-state index in [-0.39, 0.29) is 0 Å². The molecule has 0 aromatic heterocycles. The lowest BCUT2D eigenvalue weighted by atomic mass is 9.94. The zero-order valence-electron chi connectivity index (χ0n) is 9.90. The Morgan fingerprint density at radius 1 is 1.41 bits per heavy atom. The molecule has 4 heteroatoms. The highest BCUT2D eigenvalue weighted by molar-refractivity contribution is 5.78. The van der Waals surface area contributed by atoms with Crippen LogP contribution in [0.2, 0.25) is 0 Å². The summed E-state index contributed by atoms with van der Waals surface area (Å²) in [6, 6.07) is 7.46. The van der Waals surface area contributed by atoms with Gasteiger partial charge in [-0.1, -0.05) is 17.7 Å². The van der Waals surface area contributed by atoms with E-state index in [9.17, 15) is 9.90 Å². The van der Waals surface area contributed by atoms with Gasteiger partial charge in [0, 0.05) is 13.0 Å². The third-order valence-corrected chi connectivity index (χ3v) is 3.07. The van der Waals surface area contributed by atoms with Crippen molar-refractivity contribution < 1.29 is 14.6 Å². The minimum absolute atomic E-state index is 0.357. The predicted molar refractivity (Wildman–Crippen MR) is 64.3 cm³/mol. The molecule has 2 N–H and O–H groups in total. The van der Waals surface area contributed by atoms with Gasteiger partial charge in [0.1, 0.15) is 5.75 Å². The number of aryl methyl sites for hydroxylation is 1. The molecule has 0 aliphatic carbocycles. The zero-order chi connectivity index (χ0) is 12.3. The fourth-order valence-corrected chi connectivity index (χ4v) is 2.02. The fraction of sp³-hybridized carbons (Fsp3) is 0.462. The zero-order valence-corrected chi connectivity index (χ0v) is 9.90. The minimum atomic E-state index is -1.12. The van der Waals surface area contributed by atoms with E-state index in [0.29, 0.717) is 18.7 Å². The van der Waals surface area contributed by atoms with Crippen LogP contribution in [0.4, 0.5) is 0 Å². The molecule has 17 heavy (non-hydrogen) atoms. The van der Waals surface area contributed by atoms with Crippen molar-refractivity contribution in [1.82, 2.24) is 5.32 Å². The molecule has 0 amide bonds. The maximum absolute atomic E-state index is 11.4. The van der Waals surface area contributed by atoms with Crippen LogP contribution in [0.25, 0.3) is 0 Å². The number of rotatable bonds is 3. The summed E-state index contributed by atoms with van der Waals surface area (Å²) in [7, 11) is 0. The average Bonchev–Trinajstić information content (AvgIpc) is 2.33. The van der Waals surface area contributed by atoms with E-state index in [0.717, 1.165) is 18.5 Å². The Labute approximate surface area is 101 Å². The van der Waals surface area contributed by atoms with Crippen molar-refractivity contribution in [2.75, 3.05) is 13.1 Å². The lowest BCUT2D eigenvalue weighted by molar-refractivity contribution is -0.156. The Hall–Kier alpha value is -1.55. The van der Waals surface area contributed by atoms with E-state index in [1.54, 1.807) is 0 Å². The summed E-state index contributed by atoms with van der Waals surface area (Å²) in [6.45, 7) is 3.20. The van der Waals surface area contributed by atoms with Crippen molar-refractivity contribution in [3.63, 3.8) is 0 Å². The number of carboxylic acid groups (broad SMARTS) is 1. The van der Waals surface area contributed by atoms with Crippen LogP contribution in [0.5, 0.6) is 5.75 Å². The number of aliphatic carboxylic acids is 1. The highest BCUT2D eigenvalue weighted by Gasteiger charge is 2.42. The molecule has 0 bridgehead atoms. The topological polar surface area (TPSA) is 58.6 Å². The van der Waals surface area contributed by atoms with Crippen LogP contribution in [0.3, 0.4) is 0 Å². The van der Waals surface area contributed by atoms with E-state index in [1.807, 2.05) is 31.2 Å². The third kappa shape index (κ3) is 2.58. The number of benzene rings is 1. The summed E-state index contributed by atoms with van der Waals surface area (Å²) in [5.41, 5.74) is 0.0107. The Kier molecular flexibility index (Phi) is 3.33. The van der Waals surface area contributed by atoms with Crippen molar-refractivity contribution in [1.29, 1.82) is 0 Å². The Morgan fingerprint density at radius 3 is 2.65 bits per heavy atom. The van der Waals surface area contributed by atoms with Gasteiger partial charge >= 0.3 is 5.97 Å². The smallest absolute Gasteiger partial charge is 0.349 e. The van der Waals surface area contributed by atoms with Crippen LogP contribution in [0.15, 0.2) is 24.3 Å². The van der Waals surface area contributed by atoms with Crippen molar-refractivity contribution in [3.05, 3.63) is 29.8 Å². The van der Waals surface area contributed by atoms with Crippen LogP contribution in [0.1, 0.15) is 18.4 Å². The highest BCUT2D eigenvalue weighted by Crippen LogP contribution is 2.25. The molecule has 1 saturated heterocycles. The number of nitrogens with one attached hydrogen (secondary N) is 1. The maximum Gasteiger partial charge on any atom is 0.349 e. The van der Waals surface area contributed by atoms with Gasteiger partial charge in [0.15, 0.2) is 0 Å². The number of carbonyl (C=O) groups is 1. The first-order valence-corrected chi connectivity index (χ1v) is 5.82. The standard InChI is InChI=1S/C13H17NO3/c1-10-3-5-11(6-4-10)17-13(12(15)16)7-2-8-14-9-13/h3-6,14H,2,7-9H2,1H3,(H,15,16). The second-order valence-corrected chi connectivity index (χ2v) is 4.49. The molecule has 1 heterocycles. The van der Waals surface area contributed by atoms with Gasteiger partial charge in [-0.15, -0.1) is 0 Å². The summed E-state index contributed by atoms with van der Waals surface area (Å²) >= 11 is 0. The molecular weight excluding hydrogens is 218 g/mol. The number of piperidine rings is 1. The van der Waals surface area contributed by atoms with Gasteiger partial charge in [-0.2, -0.15) is 0 Å². The monoisotopic (exact) mass is 235 g/mol.